The molecule has 0 bridgehead atoms. The van der Waals surface area contributed by atoms with E-state index >= 15 is 0 Å². The fourth-order valence-corrected chi connectivity index (χ4v) is 1.93. The predicted molar refractivity (Wildman–Crippen MR) is 74.0 cm³/mol. The normalized spacial score (nSPS) is 12.2. The van der Waals surface area contributed by atoms with Crippen LogP contribution in [0.15, 0.2) is 18.2 Å². The van der Waals surface area contributed by atoms with Gasteiger partial charge in [-0.05, 0) is 37.1 Å². The maximum Gasteiger partial charge on any atom is 0.332 e. The van der Waals surface area contributed by atoms with Crippen LogP contribution in [-0.2, 0) is 16.0 Å². The first-order valence-electron chi connectivity index (χ1n) is 6.34. The Bertz CT molecular complexity index is 420. The number of halogens is 1. The van der Waals surface area contributed by atoms with Gasteiger partial charge in [-0.3, -0.25) is 0 Å². The first kappa shape index (κ1) is 15.8. The van der Waals surface area contributed by atoms with E-state index in [4.69, 9.17) is 26.2 Å². The van der Waals surface area contributed by atoms with Gasteiger partial charge >= 0.3 is 5.97 Å². The number of carboxylic acids is 1. The lowest BCUT2D eigenvalue weighted by Gasteiger charge is -2.13. The van der Waals surface area contributed by atoms with Crippen molar-refractivity contribution in [1.82, 2.24) is 0 Å². The van der Waals surface area contributed by atoms with Crippen molar-refractivity contribution in [3.05, 3.63) is 28.8 Å². The number of carboxylic acid groups (broad SMARTS) is 1. The molecule has 0 amide bonds. The maximum atomic E-state index is 10.9. The number of rotatable bonds is 8. The van der Waals surface area contributed by atoms with Gasteiger partial charge in [-0.1, -0.05) is 18.5 Å². The van der Waals surface area contributed by atoms with Crippen LogP contribution >= 0.6 is 11.6 Å². The van der Waals surface area contributed by atoms with Crippen molar-refractivity contribution in [2.75, 3.05) is 13.2 Å². The maximum absolute atomic E-state index is 10.9. The number of ether oxygens (including phenoxy) is 2. The van der Waals surface area contributed by atoms with Crippen molar-refractivity contribution in [3.63, 3.8) is 0 Å². The molecule has 106 valence electrons. The van der Waals surface area contributed by atoms with E-state index < -0.39 is 12.1 Å². The quantitative estimate of drug-likeness (QED) is 0.797. The monoisotopic (exact) mass is 286 g/mol. The summed E-state index contributed by atoms with van der Waals surface area (Å²) in [6, 6.07) is 5.43. The van der Waals surface area contributed by atoms with Gasteiger partial charge < -0.3 is 14.6 Å². The molecule has 1 aromatic rings. The average molecular weight is 287 g/mol. The second kappa shape index (κ2) is 8.02. The van der Waals surface area contributed by atoms with Crippen LogP contribution in [0.2, 0.25) is 5.02 Å². The van der Waals surface area contributed by atoms with E-state index in [0.29, 0.717) is 30.4 Å². The molecule has 0 heterocycles. The van der Waals surface area contributed by atoms with Gasteiger partial charge in [0, 0.05) is 18.1 Å². The number of benzene rings is 1. The van der Waals surface area contributed by atoms with Crippen LogP contribution in [0.1, 0.15) is 25.8 Å². The topological polar surface area (TPSA) is 55.8 Å². The highest BCUT2D eigenvalue weighted by atomic mass is 35.5. The highest BCUT2D eigenvalue weighted by molar-refractivity contribution is 6.31. The van der Waals surface area contributed by atoms with Gasteiger partial charge in [0.05, 0.1) is 6.61 Å². The Hall–Kier alpha value is -1.26. The highest BCUT2D eigenvalue weighted by Gasteiger charge is 2.17. The lowest BCUT2D eigenvalue weighted by molar-refractivity contribution is -0.150. The van der Waals surface area contributed by atoms with Crippen LogP contribution in [0.3, 0.4) is 0 Å². The fourth-order valence-electron chi connectivity index (χ4n) is 1.67. The van der Waals surface area contributed by atoms with E-state index in [1.807, 2.05) is 13.0 Å². The first-order valence-corrected chi connectivity index (χ1v) is 6.71. The largest absolute Gasteiger partial charge is 0.493 e. The third-order valence-corrected chi connectivity index (χ3v) is 3.06. The van der Waals surface area contributed by atoms with Crippen molar-refractivity contribution in [2.24, 2.45) is 0 Å². The SMILES string of the molecule is CCOC(CCOc1ccc(Cl)c(CC)c1)C(=O)O. The minimum absolute atomic E-state index is 0.293. The van der Waals surface area contributed by atoms with Gasteiger partial charge in [-0.25, -0.2) is 4.79 Å². The summed E-state index contributed by atoms with van der Waals surface area (Å²) in [6.45, 7) is 4.45. The van der Waals surface area contributed by atoms with Gasteiger partial charge in [0.1, 0.15) is 5.75 Å². The van der Waals surface area contributed by atoms with Crippen LogP contribution in [0.5, 0.6) is 5.75 Å². The van der Waals surface area contributed by atoms with E-state index in [9.17, 15) is 4.79 Å². The number of aryl methyl sites for hydroxylation is 1. The Morgan fingerprint density at radius 2 is 2.16 bits per heavy atom. The van der Waals surface area contributed by atoms with Gasteiger partial charge in [-0.15, -0.1) is 0 Å². The van der Waals surface area contributed by atoms with Crippen LogP contribution in [-0.4, -0.2) is 30.4 Å². The second-order valence-electron chi connectivity index (χ2n) is 4.03. The number of carbonyl (C=O) groups is 1. The van der Waals surface area contributed by atoms with Crippen molar-refractivity contribution in [2.45, 2.75) is 32.8 Å². The zero-order chi connectivity index (χ0) is 14.3. The van der Waals surface area contributed by atoms with E-state index in [0.717, 1.165) is 12.0 Å². The minimum Gasteiger partial charge on any atom is -0.493 e. The molecule has 0 saturated heterocycles. The molecule has 4 nitrogen and oxygen atoms in total. The molecule has 0 saturated carbocycles. The summed E-state index contributed by atoms with van der Waals surface area (Å²) < 4.78 is 10.6. The van der Waals surface area contributed by atoms with Gasteiger partial charge in [0.25, 0.3) is 0 Å². The van der Waals surface area contributed by atoms with E-state index in [1.54, 1.807) is 19.1 Å². The third kappa shape index (κ3) is 5.09. The molecule has 1 rings (SSSR count). The molecule has 0 spiro atoms. The summed E-state index contributed by atoms with van der Waals surface area (Å²) >= 11 is 6.01. The zero-order valence-corrected chi connectivity index (χ0v) is 11.9. The third-order valence-electron chi connectivity index (χ3n) is 2.69. The molecule has 0 aliphatic rings. The van der Waals surface area contributed by atoms with Crippen molar-refractivity contribution >= 4 is 17.6 Å². The van der Waals surface area contributed by atoms with Crippen molar-refractivity contribution < 1.29 is 19.4 Å². The molecule has 0 aromatic heterocycles. The summed E-state index contributed by atoms with van der Waals surface area (Å²) in [5.41, 5.74) is 1.01. The summed E-state index contributed by atoms with van der Waals surface area (Å²) in [5, 5.41) is 9.64. The zero-order valence-electron chi connectivity index (χ0n) is 11.2. The van der Waals surface area contributed by atoms with Crippen molar-refractivity contribution in [3.8, 4) is 5.75 Å². The van der Waals surface area contributed by atoms with Crippen LogP contribution < -0.4 is 4.74 Å². The van der Waals surface area contributed by atoms with Crippen LogP contribution in [0.25, 0.3) is 0 Å². The molecular formula is C14H19ClO4. The Balaban J connectivity index is 2.50. The number of aliphatic carboxylic acids is 1. The minimum atomic E-state index is -0.962. The highest BCUT2D eigenvalue weighted by Crippen LogP contribution is 2.22. The molecule has 1 N–H and O–H groups in total. The second-order valence-corrected chi connectivity index (χ2v) is 4.43. The molecule has 1 unspecified atom stereocenters. The summed E-state index contributed by atoms with van der Waals surface area (Å²) in [7, 11) is 0. The molecular weight excluding hydrogens is 268 g/mol. The Labute approximate surface area is 118 Å². The van der Waals surface area contributed by atoms with E-state index in [-0.39, 0.29) is 0 Å². The molecule has 1 aromatic carbocycles. The molecule has 1 atom stereocenters. The molecule has 0 fully saturated rings. The summed E-state index contributed by atoms with van der Waals surface area (Å²) in [6.07, 6.45) is 0.322. The first-order chi connectivity index (χ1) is 9.08. The lowest BCUT2D eigenvalue weighted by Crippen LogP contribution is -2.26. The summed E-state index contributed by atoms with van der Waals surface area (Å²) in [4.78, 5) is 10.9. The fraction of sp³-hybridized carbons (Fsp3) is 0.500. The molecule has 0 aliphatic carbocycles. The smallest absolute Gasteiger partial charge is 0.332 e. The van der Waals surface area contributed by atoms with E-state index in [1.165, 1.54) is 0 Å². The predicted octanol–water partition coefficient (Wildman–Crippen LogP) is 3.16. The average Bonchev–Trinajstić information content (AvgIpc) is 2.39. The van der Waals surface area contributed by atoms with Crippen LogP contribution in [0.4, 0.5) is 0 Å². The van der Waals surface area contributed by atoms with E-state index in [2.05, 4.69) is 0 Å². The Morgan fingerprint density at radius 3 is 2.74 bits per heavy atom. The number of hydrogen-bond acceptors (Lipinski definition) is 3. The number of hydrogen-bond donors (Lipinski definition) is 1. The molecule has 0 aliphatic heterocycles. The molecule has 0 radical (unpaired) electrons. The molecule has 5 heteroatoms. The Kier molecular flexibility index (Phi) is 6.67. The van der Waals surface area contributed by atoms with Gasteiger partial charge in [-0.2, -0.15) is 0 Å². The summed E-state index contributed by atoms with van der Waals surface area (Å²) in [5.74, 6) is -0.266. The van der Waals surface area contributed by atoms with Crippen LogP contribution in [0, 0.1) is 0 Å². The molecule has 19 heavy (non-hydrogen) atoms. The Morgan fingerprint density at radius 1 is 1.42 bits per heavy atom. The van der Waals surface area contributed by atoms with Gasteiger partial charge in [0.2, 0.25) is 0 Å². The van der Waals surface area contributed by atoms with Crippen molar-refractivity contribution in [1.29, 1.82) is 0 Å². The van der Waals surface area contributed by atoms with Gasteiger partial charge in [0.15, 0.2) is 6.10 Å². The standard InChI is InChI=1S/C14H19ClO4/c1-3-10-9-11(5-6-12(10)15)19-8-7-13(14(16)17)18-4-2/h5-6,9,13H,3-4,7-8H2,1-2H3,(H,16,17). The lowest BCUT2D eigenvalue weighted by atomic mass is 10.1.